The van der Waals surface area contributed by atoms with Crippen LogP contribution >= 0.6 is 11.8 Å². The molecule has 0 saturated carbocycles. The van der Waals surface area contributed by atoms with Gasteiger partial charge < -0.3 is 19.9 Å². The zero-order chi connectivity index (χ0) is 23.8. The Hall–Kier alpha value is -3.33. The largest absolute Gasteiger partial charge is 0.497 e. The summed E-state index contributed by atoms with van der Waals surface area (Å²) in [5.41, 5.74) is 2.82. The minimum Gasteiger partial charge on any atom is -0.497 e. The molecule has 174 valence electrons. The average molecular weight is 468 g/mol. The van der Waals surface area contributed by atoms with E-state index in [0.29, 0.717) is 11.0 Å². The van der Waals surface area contributed by atoms with Gasteiger partial charge in [0.1, 0.15) is 5.75 Å². The van der Waals surface area contributed by atoms with E-state index in [2.05, 4.69) is 27.8 Å². The first-order chi connectivity index (χ1) is 15.9. The summed E-state index contributed by atoms with van der Waals surface area (Å²) < 4.78 is 6.94. The van der Waals surface area contributed by atoms with Crippen molar-refractivity contribution in [2.45, 2.75) is 37.9 Å². The van der Waals surface area contributed by atoms with Gasteiger partial charge in [-0.3, -0.25) is 9.59 Å². The molecule has 3 aromatic rings. The molecule has 8 nitrogen and oxygen atoms in total. The van der Waals surface area contributed by atoms with Gasteiger partial charge in [-0.05, 0) is 42.7 Å². The number of carbonyl (C=O) groups is 2. The van der Waals surface area contributed by atoms with E-state index >= 15 is 0 Å². The zero-order valence-corrected chi connectivity index (χ0v) is 20.1. The molecular formula is C24H29N5O3S. The molecule has 0 radical (unpaired) electrons. The molecule has 33 heavy (non-hydrogen) atoms. The van der Waals surface area contributed by atoms with E-state index in [1.165, 1.54) is 11.8 Å². The first kappa shape index (κ1) is 24.3. The summed E-state index contributed by atoms with van der Waals surface area (Å²) in [5.74, 6) is 1.37. The lowest BCUT2D eigenvalue weighted by atomic mass is 10.1. The minimum atomic E-state index is -0.326. The third kappa shape index (κ3) is 6.58. The lowest BCUT2D eigenvalue weighted by molar-refractivity contribution is -0.121. The quantitative estimate of drug-likeness (QED) is 0.443. The van der Waals surface area contributed by atoms with Crippen LogP contribution in [0.5, 0.6) is 5.75 Å². The van der Waals surface area contributed by atoms with E-state index in [1.54, 1.807) is 11.7 Å². The second-order valence-electron chi connectivity index (χ2n) is 7.56. The lowest BCUT2D eigenvalue weighted by Gasteiger charge is -2.14. The molecule has 1 atom stereocenters. The summed E-state index contributed by atoms with van der Waals surface area (Å²) >= 11 is 1.30. The number of aryl methyl sites for hydroxylation is 1. The number of nitrogens with one attached hydrogen (secondary N) is 2. The Morgan fingerprint density at radius 2 is 1.82 bits per heavy atom. The van der Waals surface area contributed by atoms with Gasteiger partial charge in [0.25, 0.3) is 0 Å². The second kappa shape index (κ2) is 11.5. The molecule has 2 amide bonds. The molecule has 0 aliphatic carbocycles. The van der Waals surface area contributed by atoms with Gasteiger partial charge >= 0.3 is 0 Å². The number of anilines is 1. The van der Waals surface area contributed by atoms with Crippen molar-refractivity contribution in [2.75, 3.05) is 18.2 Å². The fourth-order valence-corrected chi connectivity index (χ4v) is 4.10. The third-order valence-corrected chi connectivity index (χ3v) is 6.18. The van der Waals surface area contributed by atoms with Gasteiger partial charge in [0, 0.05) is 12.7 Å². The molecule has 9 heteroatoms. The molecule has 2 aromatic carbocycles. The van der Waals surface area contributed by atoms with Crippen molar-refractivity contribution in [3.8, 4) is 5.75 Å². The summed E-state index contributed by atoms with van der Waals surface area (Å²) in [5, 5.41) is 14.9. The third-order valence-electron chi connectivity index (χ3n) is 5.16. The number of rotatable bonds is 10. The number of ether oxygens (including phenoxy) is 1. The SMILES string of the molecule is CCc1ccccc1NC(=O)CSc1nnc([C@H](C)NC(=O)Cc2ccc(OC)cc2)n1C. The van der Waals surface area contributed by atoms with E-state index in [1.807, 2.05) is 62.5 Å². The Bertz CT molecular complexity index is 1100. The molecule has 0 bridgehead atoms. The van der Waals surface area contributed by atoms with E-state index in [0.717, 1.165) is 29.0 Å². The van der Waals surface area contributed by atoms with Gasteiger partial charge in [0.2, 0.25) is 11.8 Å². The number of nitrogens with zero attached hydrogens (tertiary/aromatic N) is 3. The summed E-state index contributed by atoms with van der Waals surface area (Å²) in [6.07, 6.45) is 1.10. The van der Waals surface area contributed by atoms with Crippen LogP contribution in [0.4, 0.5) is 5.69 Å². The number of carbonyl (C=O) groups excluding carboxylic acids is 2. The van der Waals surface area contributed by atoms with E-state index in [9.17, 15) is 9.59 Å². The number of amides is 2. The van der Waals surface area contributed by atoms with Gasteiger partial charge in [0.05, 0.1) is 25.3 Å². The maximum atomic E-state index is 12.5. The average Bonchev–Trinajstić information content (AvgIpc) is 3.18. The maximum absolute atomic E-state index is 12.5. The van der Waals surface area contributed by atoms with Gasteiger partial charge in [-0.2, -0.15) is 0 Å². The van der Waals surface area contributed by atoms with Crippen LogP contribution in [0.15, 0.2) is 53.7 Å². The normalized spacial score (nSPS) is 11.6. The molecule has 0 aliphatic heterocycles. The van der Waals surface area contributed by atoms with Gasteiger partial charge in [-0.1, -0.05) is 49.0 Å². The van der Waals surface area contributed by atoms with Crippen LogP contribution < -0.4 is 15.4 Å². The van der Waals surface area contributed by atoms with Gasteiger partial charge in [-0.15, -0.1) is 10.2 Å². The molecule has 0 spiro atoms. The first-order valence-corrected chi connectivity index (χ1v) is 11.7. The van der Waals surface area contributed by atoms with Crippen molar-refractivity contribution < 1.29 is 14.3 Å². The van der Waals surface area contributed by atoms with Crippen LogP contribution in [0, 0.1) is 0 Å². The Labute approximate surface area is 198 Å². The molecule has 0 saturated heterocycles. The summed E-state index contributed by atoms with van der Waals surface area (Å²) in [4.78, 5) is 24.9. The fourth-order valence-electron chi connectivity index (χ4n) is 3.38. The van der Waals surface area contributed by atoms with E-state index in [-0.39, 0.29) is 30.0 Å². The Balaban J connectivity index is 1.53. The second-order valence-corrected chi connectivity index (χ2v) is 8.50. The van der Waals surface area contributed by atoms with E-state index < -0.39 is 0 Å². The van der Waals surface area contributed by atoms with Gasteiger partial charge in [0.15, 0.2) is 11.0 Å². The van der Waals surface area contributed by atoms with E-state index in [4.69, 9.17) is 4.74 Å². The van der Waals surface area contributed by atoms with Crippen molar-refractivity contribution in [1.29, 1.82) is 0 Å². The number of hydrogen-bond acceptors (Lipinski definition) is 6. The molecule has 2 N–H and O–H groups in total. The predicted molar refractivity (Wildman–Crippen MR) is 129 cm³/mol. The van der Waals surface area contributed by atoms with Crippen molar-refractivity contribution in [1.82, 2.24) is 20.1 Å². The van der Waals surface area contributed by atoms with Crippen LogP contribution in [0.2, 0.25) is 0 Å². The lowest BCUT2D eigenvalue weighted by Crippen LogP contribution is -2.29. The number of aromatic nitrogens is 3. The molecule has 0 aliphatic rings. The number of methoxy groups -OCH3 is 1. The summed E-state index contributed by atoms with van der Waals surface area (Å²) in [6, 6.07) is 14.8. The highest BCUT2D eigenvalue weighted by Gasteiger charge is 2.18. The van der Waals surface area contributed by atoms with Crippen LogP contribution in [0.3, 0.4) is 0 Å². The number of hydrogen-bond donors (Lipinski definition) is 2. The monoisotopic (exact) mass is 467 g/mol. The van der Waals surface area contributed by atoms with Crippen molar-refractivity contribution in [3.63, 3.8) is 0 Å². The maximum Gasteiger partial charge on any atom is 0.234 e. The molecule has 0 unspecified atom stereocenters. The molecule has 0 fully saturated rings. The topological polar surface area (TPSA) is 98.1 Å². The van der Waals surface area contributed by atoms with Crippen molar-refractivity contribution in [3.05, 3.63) is 65.5 Å². The fraction of sp³-hybridized carbons (Fsp3) is 0.333. The molecule has 1 heterocycles. The van der Waals surface area contributed by atoms with Crippen LogP contribution in [0.25, 0.3) is 0 Å². The van der Waals surface area contributed by atoms with Crippen LogP contribution in [0.1, 0.15) is 36.8 Å². The smallest absolute Gasteiger partial charge is 0.234 e. The van der Waals surface area contributed by atoms with Crippen molar-refractivity contribution in [2.24, 2.45) is 7.05 Å². The summed E-state index contributed by atoms with van der Waals surface area (Å²) in [7, 11) is 3.43. The predicted octanol–water partition coefficient (Wildman–Crippen LogP) is 3.54. The van der Waals surface area contributed by atoms with Crippen LogP contribution in [-0.2, 0) is 29.5 Å². The van der Waals surface area contributed by atoms with Crippen molar-refractivity contribution >= 4 is 29.3 Å². The van der Waals surface area contributed by atoms with Crippen LogP contribution in [-0.4, -0.2) is 39.4 Å². The molecule has 1 aromatic heterocycles. The first-order valence-electron chi connectivity index (χ1n) is 10.7. The zero-order valence-electron chi connectivity index (χ0n) is 19.3. The minimum absolute atomic E-state index is 0.105. The summed E-state index contributed by atoms with van der Waals surface area (Å²) in [6.45, 7) is 3.91. The number of para-hydroxylation sites is 1. The Morgan fingerprint density at radius 3 is 2.52 bits per heavy atom. The highest BCUT2D eigenvalue weighted by molar-refractivity contribution is 7.99. The van der Waals surface area contributed by atoms with Gasteiger partial charge in [-0.25, -0.2) is 0 Å². The highest BCUT2D eigenvalue weighted by Crippen LogP contribution is 2.21. The Kier molecular flexibility index (Phi) is 8.48. The Morgan fingerprint density at radius 1 is 1.09 bits per heavy atom. The number of thioether (sulfide) groups is 1. The molecule has 3 rings (SSSR count). The molecular weight excluding hydrogens is 438 g/mol. The number of benzene rings is 2. The highest BCUT2D eigenvalue weighted by atomic mass is 32.2. The standard InChI is InChI=1S/C24H29N5O3S/c1-5-18-8-6-7-9-20(18)26-22(31)15-33-24-28-27-23(29(24)3)16(2)25-21(30)14-17-10-12-19(32-4)13-11-17/h6-13,16H,5,14-15H2,1-4H3,(H,25,30)(H,26,31)/t16-/m0/s1.